The van der Waals surface area contributed by atoms with E-state index in [2.05, 4.69) is 6.07 Å². The van der Waals surface area contributed by atoms with Gasteiger partial charge in [0.2, 0.25) is 0 Å². The summed E-state index contributed by atoms with van der Waals surface area (Å²) in [6, 6.07) is 12.4. The van der Waals surface area contributed by atoms with Crippen molar-refractivity contribution in [1.29, 1.82) is 0 Å². The summed E-state index contributed by atoms with van der Waals surface area (Å²) in [6.07, 6.45) is 0.756. The summed E-state index contributed by atoms with van der Waals surface area (Å²) < 4.78 is 14.3. The van der Waals surface area contributed by atoms with Crippen LogP contribution in [0.15, 0.2) is 47.5 Å². The summed E-state index contributed by atoms with van der Waals surface area (Å²) in [7, 11) is 3.90. The zero-order valence-electron chi connectivity index (χ0n) is 12.0. The third kappa shape index (κ3) is 2.54. The van der Waals surface area contributed by atoms with Gasteiger partial charge in [-0.05, 0) is 23.3 Å². The summed E-state index contributed by atoms with van der Waals surface area (Å²) >= 11 is 6.23. The van der Waals surface area contributed by atoms with Gasteiger partial charge in [-0.25, -0.2) is 4.39 Å². The Hall–Kier alpha value is -1.87. The summed E-state index contributed by atoms with van der Waals surface area (Å²) in [5.41, 5.74) is 2.64. The monoisotopic (exact) mass is 302 g/mol. The molecule has 1 heterocycles. The lowest BCUT2D eigenvalue weighted by Gasteiger charge is -2.28. The van der Waals surface area contributed by atoms with E-state index in [9.17, 15) is 4.39 Å². The maximum Gasteiger partial charge on any atom is 0.130 e. The van der Waals surface area contributed by atoms with Gasteiger partial charge >= 0.3 is 0 Å². The van der Waals surface area contributed by atoms with Crippen LogP contribution < -0.4 is 0 Å². The number of benzene rings is 2. The van der Waals surface area contributed by atoms with Gasteiger partial charge in [0.05, 0.1) is 0 Å². The van der Waals surface area contributed by atoms with Gasteiger partial charge < -0.3 is 4.90 Å². The Labute approximate surface area is 128 Å². The van der Waals surface area contributed by atoms with Crippen LogP contribution in [0.25, 0.3) is 0 Å². The van der Waals surface area contributed by atoms with Crippen molar-refractivity contribution in [3.63, 3.8) is 0 Å². The minimum atomic E-state index is -0.388. The van der Waals surface area contributed by atoms with Gasteiger partial charge in [-0.1, -0.05) is 41.9 Å². The molecule has 0 amide bonds. The van der Waals surface area contributed by atoms with Gasteiger partial charge in [0.15, 0.2) is 0 Å². The average molecular weight is 303 g/mol. The predicted octanol–water partition coefficient (Wildman–Crippen LogP) is 4.08. The van der Waals surface area contributed by atoms with Gasteiger partial charge in [0, 0.05) is 31.1 Å². The lowest BCUT2D eigenvalue weighted by Crippen LogP contribution is -2.29. The second-order valence-electron chi connectivity index (χ2n) is 5.35. The number of rotatable bonds is 1. The van der Waals surface area contributed by atoms with E-state index >= 15 is 0 Å². The smallest absolute Gasteiger partial charge is 0.130 e. The van der Waals surface area contributed by atoms with E-state index in [4.69, 9.17) is 16.6 Å². The number of nitrogens with zero attached hydrogens (tertiary/aromatic N) is 2. The first kappa shape index (κ1) is 14.1. The van der Waals surface area contributed by atoms with Gasteiger partial charge in [-0.2, -0.15) is 0 Å². The average Bonchev–Trinajstić information content (AvgIpc) is 2.46. The lowest BCUT2D eigenvalue weighted by atomic mass is 9.90. The van der Waals surface area contributed by atoms with Crippen LogP contribution >= 0.6 is 11.6 Å². The molecule has 4 heteroatoms. The Balaban J connectivity index is 2.20. The molecule has 0 N–H and O–H groups in total. The molecular formula is C17H16ClFN2. The molecule has 0 spiro atoms. The van der Waals surface area contributed by atoms with E-state index in [1.165, 1.54) is 11.6 Å². The fourth-order valence-corrected chi connectivity index (χ4v) is 2.93. The number of aliphatic imine (C=N–C) groups is 1. The Kier molecular flexibility index (Phi) is 3.68. The summed E-state index contributed by atoms with van der Waals surface area (Å²) in [5.74, 6) is 0.615. The Morgan fingerprint density at radius 1 is 1.14 bits per heavy atom. The van der Waals surface area contributed by atoms with Crippen molar-refractivity contribution in [2.24, 2.45) is 4.99 Å². The van der Waals surface area contributed by atoms with Crippen LogP contribution in [-0.2, 0) is 6.42 Å². The molecule has 108 valence electrons. The molecule has 2 aromatic carbocycles. The fourth-order valence-electron chi connectivity index (χ4n) is 2.66. The molecule has 0 bridgehead atoms. The molecule has 1 aliphatic heterocycles. The van der Waals surface area contributed by atoms with Crippen molar-refractivity contribution in [3.05, 3.63) is 70.0 Å². The molecule has 1 atom stereocenters. The molecule has 21 heavy (non-hydrogen) atoms. The normalized spacial score (nSPS) is 17.1. The van der Waals surface area contributed by atoms with E-state index in [-0.39, 0.29) is 11.9 Å². The fraction of sp³-hybridized carbons (Fsp3) is 0.235. The van der Waals surface area contributed by atoms with Gasteiger partial charge in [0.1, 0.15) is 17.7 Å². The number of likely N-dealkylation sites (N-methyl/N-ethyl adjacent to an activating group) is 1. The highest BCUT2D eigenvalue weighted by Gasteiger charge is 2.27. The molecule has 3 rings (SSSR count). The summed E-state index contributed by atoms with van der Waals surface area (Å²) in [6.45, 7) is 0. The lowest BCUT2D eigenvalue weighted by molar-refractivity contribution is 0.574. The highest BCUT2D eigenvalue weighted by Crippen LogP contribution is 2.37. The van der Waals surface area contributed by atoms with Crippen LogP contribution in [0.4, 0.5) is 4.39 Å². The standard InChI is InChI=1S/C17H16ClFN2/c1-21(2)15-10-11-6-3-4-7-12(11)17(20-15)16-13(18)8-5-9-14(16)19/h3-9,17H,10H2,1-2H3. The Bertz CT molecular complexity index is 689. The van der Waals surface area contributed by atoms with Gasteiger partial charge in [0.25, 0.3) is 0 Å². The molecule has 0 fully saturated rings. The quantitative estimate of drug-likeness (QED) is 0.775. The predicted molar refractivity (Wildman–Crippen MR) is 84.5 cm³/mol. The first-order valence-electron chi connectivity index (χ1n) is 6.83. The summed E-state index contributed by atoms with van der Waals surface area (Å²) in [4.78, 5) is 6.70. The second-order valence-corrected chi connectivity index (χ2v) is 5.76. The SMILES string of the molecule is CN(C)C1=NC(c2c(F)cccc2Cl)c2ccccc2C1. The van der Waals surface area contributed by atoms with E-state index in [0.29, 0.717) is 10.6 Å². The molecule has 0 saturated carbocycles. The van der Waals surface area contributed by atoms with Crippen molar-refractivity contribution in [1.82, 2.24) is 4.90 Å². The molecule has 0 radical (unpaired) electrons. The van der Waals surface area contributed by atoms with E-state index in [1.807, 2.05) is 37.2 Å². The largest absolute Gasteiger partial charge is 0.366 e. The van der Waals surface area contributed by atoms with E-state index < -0.39 is 0 Å². The van der Waals surface area contributed by atoms with Crippen molar-refractivity contribution >= 4 is 17.4 Å². The maximum absolute atomic E-state index is 14.3. The number of halogens is 2. The van der Waals surface area contributed by atoms with Crippen LogP contribution in [0.5, 0.6) is 0 Å². The Morgan fingerprint density at radius 3 is 2.62 bits per heavy atom. The van der Waals surface area contributed by atoms with Crippen molar-refractivity contribution in [3.8, 4) is 0 Å². The minimum absolute atomic E-state index is 0.314. The van der Waals surface area contributed by atoms with Gasteiger partial charge in [-0.15, -0.1) is 0 Å². The molecule has 1 unspecified atom stereocenters. The molecule has 2 nitrogen and oxygen atoms in total. The van der Waals surface area contributed by atoms with Crippen LogP contribution in [0.3, 0.4) is 0 Å². The zero-order chi connectivity index (χ0) is 15.0. The third-order valence-electron chi connectivity index (χ3n) is 3.77. The van der Waals surface area contributed by atoms with E-state index in [0.717, 1.165) is 17.8 Å². The highest BCUT2D eigenvalue weighted by atomic mass is 35.5. The number of amidine groups is 1. The van der Waals surface area contributed by atoms with E-state index in [1.54, 1.807) is 12.1 Å². The van der Waals surface area contributed by atoms with Crippen molar-refractivity contribution in [2.75, 3.05) is 14.1 Å². The number of fused-ring (bicyclic) bond motifs is 1. The first-order chi connectivity index (χ1) is 10.1. The third-order valence-corrected chi connectivity index (χ3v) is 4.10. The molecule has 0 aromatic heterocycles. The number of hydrogen-bond donors (Lipinski definition) is 0. The topological polar surface area (TPSA) is 15.6 Å². The molecule has 0 aliphatic carbocycles. The van der Waals surface area contributed by atoms with Crippen molar-refractivity contribution < 1.29 is 4.39 Å². The second kappa shape index (κ2) is 5.49. The zero-order valence-corrected chi connectivity index (χ0v) is 12.7. The molecule has 0 saturated heterocycles. The van der Waals surface area contributed by atoms with Crippen LogP contribution in [-0.4, -0.2) is 24.8 Å². The van der Waals surface area contributed by atoms with Crippen LogP contribution in [0.2, 0.25) is 5.02 Å². The summed E-state index contributed by atoms with van der Waals surface area (Å²) in [5, 5.41) is 0.415. The highest BCUT2D eigenvalue weighted by molar-refractivity contribution is 6.31. The molecular weight excluding hydrogens is 287 g/mol. The molecule has 2 aromatic rings. The molecule has 1 aliphatic rings. The maximum atomic E-state index is 14.3. The van der Waals surface area contributed by atoms with Crippen LogP contribution in [0, 0.1) is 5.82 Å². The Morgan fingerprint density at radius 2 is 1.90 bits per heavy atom. The van der Waals surface area contributed by atoms with Crippen LogP contribution in [0.1, 0.15) is 22.7 Å². The first-order valence-corrected chi connectivity index (χ1v) is 7.21. The van der Waals surface area contributed by atoms with Gasteiger partial charge in [-0.3, -0.25) is 4.99 Å². The number of hydrogen-bond acceptors (Lipinski definition) is 2. The minimum Gasteiger partial charge on any atom is -0.366 e. The van der Waals surface area contributed by atoms with Crippen molar-refractivity contribution in [2.45, 2.75) is 12.5 Å².